The first-order chi connectivity index (χ1) is 28.2. The van der Waals surface area contributed by atoms with Gasteiger partial charge in [-0.1, -0.05) is 152 Å². The fourth-order valence-corrected chi connectivity index (χ4v) is 10.7. The molecule has 268 valence electrons. The molecule has 0 bridgehead atoms. The molecule has 1 nitrogen and oxygen atoms in total. The zero-order chi connectivity index (χ0) is 37.7. The lowest BCUT2D eigenvalue weighted by Gasteiger charge is -2.26. The maximum atomic E-state index is 2.40. The Bertz CT molecular complexity index is 3200. The second-order valence-electron chi connectivity index (χ2n) is 14.5. The maximum Gasteiger partial charge on any atom is 0.0462 e. The molecule has 0 aliphatic carbocycles. The van der Waals surface area contributed by atoms with E-state index < -0.39 is 0 Å². The van der Waals surface area contributed by atoms with Crippen molar-refractivity contribution >= 4 is 80.1 Å². The zero-order valence-corrected chi connectivity index (χ0v) is 32.6. The highest BCUT2D eigenvalue weighted by atomic mass is 32.1. The highest BCUT2D eigenvalue weighted by Crippen LogP contribution is 2.44. The molecule has 0 N–H and O–H groups in total. The lowest BCUT2D eigenvalue weighted by molar-refractivity contribution is 1.28. The Morgan fingerprint density at radius 1 is 0.263 bits per heavy atom. The maximum absolute atomic E-state index is 2.40. The van der Waals surface area contributed by atoms with Crippen molar-refractivity contribution in [1.29, 1.82) is 0 Å². The second kappa shape index (κ2) is 14.1. The van der Waals surface area contributed by atoms with Crippen molar-refractivity contribution in [1.82, 2.24) is 0 Å². The summed E-state index contributed by atoms with van der Waals surface area (Å²) in [5.74, 6) is 0. The number of hydrogen-bond donors (Lipinski definition) is 0. The summed E-state index contributed by atoms with van der Waals surface area (Å²) < 4.78 is 5.28. The van der Waals surface area contributed by atoms with Gasteiger partial charge in [-0.05, 0) is 105 Å². The standard InChI is InChI=1S/C54H35NS2/c1-3-12-36(13-4-1)37-22-28-41(29-23-37)55(42-30-24-39(25-31-42)44-18-11-19-47-45-16-7-10-21-52(45)57-54(44)47)43-32-26-40(27-33-43)49-35-53-50(46-17-8-9-20-51(46)56-53)34-48(49)38-14-5-2-6-15-38/h1-35H. The summed E-state index contributed by atoms with van der Waals surface area (Å²) in [5.41, 5.74) is 13.1. The third kappa shape index (κ3) is 6.00. The van der Waals surface area contributed by atoms with Crippen molar-refractivity contribution in [2.75, 3.05) is 4.90 Å². The van der Waals surface area contributed by atoms with Gasteiger partial charge in [0, 0.05) is 57.4 Å². The second-order valence-corrected chi connectivity index (χ2v) is 16.6. The van der Waals surface area contributed by atoms with Crippen LogP contribution in [0, 0.1) is 0 Å². The van der Waals surface area contributed by atoms with Crippen molar-refractivity contribution in [3.05, 3.63) is 212 Å². The van der Waals surface area contributed by atoms with Gasteiger partial charge in [-0.15, -0.1) is 22.7 Å². The predicted molar refractivity (Wildman–Crippen MR) is 249 cm³/mol. The fourth-order valence-electron chi connectivity index (χ4n) is 8.30. The normalized spacial score (nSPS) is 11.5. The molecule has 0 atom stereocenters. The zero-order valence-electron chi connectivity index (χ0n) is 31.0. The molecule has 0 saturated heterocycles. The molecule has 11 aromatic rings. The first-order valence-electron chi connectivity index (χ1n) is 19.3. The minimum absolute atomic E-state index is 1.11. The van der Waals surface area contributed by atoms with Gasteiger partial charge >= 0.3 is 0 Å². The van der Waals surface area contributed by atoms with Crippen LogP contribution in [0.25, 0.3) is 84.9 Å². The number of rotatable bonds is 7. The molecular formula is C54H35NS2. The van der Waals surface area contributed by atoms with E-state index in [1.54, 1.807) is 0 Å². The smallest absolute Gasteiger partial charge is 0.0462 e. The third-order valence-electron chi connectivity index (χ3n) is 11.1. The number of benzene rings is 9. The Morgan fingerprint density at radius 2 is 0.702 bits per heavy atom. The minimum atomic E-state index is 1.11. The minimum Gasteiger partial charge on any atom is -0.311 e. The van der Waals surface area contributed by atoms with Gasteiger partial charge in [0.25, 0.3) is 0 Å². The monoisotopic (exact) mass is 761 g/mol. The molecule has 9 aromatic carbocycles. The summed E-state index contributed by atoms with van der Waals surface area (Å²) in [6.45, 7) is 0. The van der Waals surface area contributed by atoms with Crippen LogP contribution in [0.4, 0.5) is 17.1 Å². The van der Waals surface area contributed by atoms with Crippen molar-refractivity contribution in [2.45, 2.75) is 0 Å². The van der Waals surface area contributed by atoms with Gasteiger partial charge < -0.3 is 4.90 Å². The molecule has 2 aromatic heterocycles. The van der Waals surface area contributed by atoms with E-state index in [4.69, 9.17) is 0 Å². The Kier molecular flexibility index (Phi) is 8.28. The molecule has 2 heterocycles. The summed E-state index contributed by atoms with van der Waals surface area (Å²) in [5, 5.41) is 5.27. The topological polar surface area (TPSA) is 3.24 Å². The summed E-state index contributed by atoms with van der Waals surface area (Å²) in [7, 11) is 0. The number of thiophene rings is 2. The van der Waals surface area contributed by atoms with Crippen LogP contribution in [-0.2, 0) is 0 Å². The van der Waals surface area contributed by atoms with E-state index in [1.807, 2.05) is 22.7 Å². The molecule has 0 radical (unpaired) electrons. The Hall–Kier alpha value is -6.78. The summed E-state index contributed by atoms with van der Waals surface area (Å²) in [4.78, 5) is 2.37. The van der Waals surface area contributed by atoms with Gasteiger partial charge in [-0.2, -0.15) is 0 Å². The molecule has 11 rings (SSSR count). The quantitative estimate of drug-likeness (QED) is 0.156. The van der Waals surface area contributed by atoms with Crippen molar-refractivity contribution in [3.8, 4) is 44.5 Å². The first-order valence-corrected chi connectivity index (χ1v) is 21.0. The average Bonchev–Trinajstić information content (AvgIpc) is 3.86. The Labute approximate surface area is 340 Å². The van der Waals surface area contributed by atoms with Gasteiger partial charge in [0.2, 0.25) is 0 Å². The van der Waals surface area contributed by atoms with Crippen LogP contribution in [-0.4, -0.2) is 0 Å². The van der Waals surface area contributed by atoms with E-state index in [0.717, 1.165) is 17.1 Å². The van der Waals surface area contributed by atoms with Crippen LogP contribution in [0.15, 0.2) is 212 Å². The largest absolute Gasteiger partial charge is 0.311 e. The van der Waals surface area contributed by atoms with Crippen LogP contribution in [0.3, 0.4) is 0 Å². The van der Waals surface area contributed by atoms with Crippen LogP contribution in [0.1, 0.15) is 0 Å². The highest BCUT2D eigenvalue weighted by Gasteiger charge is 2.17. The summed E-state index contributed by atoms with van der Waals surface area (Å²) in [6.07, 6.45) is 0. The molecule has 3 heteroatoms. The van der Waals surface area contributed by atoms with Gasteiger partial charge in [0.05, 0.1) is 0 Å². The molecule has 0 spiro atoms. The van der Waals surface area contributed by atoms with Gasteiger partial charge in [-0.3, -0.25) is 0 Å². The van der Waals surface area contributed by atoms with Crippen molar-refractivity contribution in [3.63, 3.8) is 0 Å². The van der Waals surface area contributed by atoms with Crippen molar-refractivity contribution < 1.29 is 0 Å². The highest BCUT2D eigenvalue weighted by molar-refractivity contribution is 7.26. The van der Waals surface area contributed by atoms with Gasteiger partial charge in [0.1, 0.15) is 0 Å². The number of nitrogens with zero attached hydrogens (tertiary/aromatic N) is 1. The predicted octanol–water partition coefficient (Wildman–Crippen LogP) is 16.6. The van der Waals surface area contributed by atoms with E-state index in [-0.39, 0.29) is 0 Å². The summed E-state index contributed by atoms with van der Waals surface area (Å²) >= 11 is 3.75. The number of hydrogen-bond acceptors (Lipinski definition) is 3. The molecule has 0 saturated carbocycles. The van der Waals surface area contributed by atoms with Crippen LogP contribution >= 0.6 is 22.7 Å². The van der Waals surface area contributed by atoms with E-state index in [2.05, 4.69) is 217 Å². The SMILES string of the molecule is c1ccc(-c2ccc(N(c3ccc(-c4cc5sc6ccccc6c5cc4-c4ccccc4)cc3)c3ccc(-c4cccc5c4sc4ccccc45)cc3)cc2)cc1. The molecule has 0 amide bonds. The fraction of sp³-hybridized carbons (Fsp3) is 0. The van der Waals surface area contributed by atoms with Crippen molar-refractivity contribution in [2.24, 2.45) is 0 Å². The Balaban J connectivity index is 1.01. The lowest BCUT2D eigenvalue weighted by Crippen LogP contribution is -2.09. The van der Waals surface area contributed by atoms with Gasteiger partial charge in [-0.25, -0.2) is 0 Å². The van der Waals surface area contributed by atoms with Crippen LogP contribution < -0.4 is 4.90 Å². The third-order valence-corrected chi connectivity index (χ3v) is 13.5. The molecule has 0 unspecified atom stereocenters. The Morgan fingerprint density at radius 3 is 1.33 bits per heavy atom. The van der Waals surface area contributed by atoms with E-state index in [1.165, 1.54) is 84.9 Å². The molecule has 57 heavy (non-hydrogen) atoms. The van der Waals surface area contributed by atoms with E-state index in [0.29, 0.717) is 0 Å². The van der Waals surface area contributed by atoms with Gasteiger partial charge in [0.15, 0.2) is 0 Å². The molecule has 0 aliphatic rings. The van der Waals surface area contributed by atoms with E-state index >= 15 is 0 Å². The number of anilines is 3. The summed E-state index contributed by atoms with van der Waals surface area (Å²) in [6, 6.07) is 77.5. The molecular weight excluding hydrogens is 727 g/mol. The van der Waals surface area contributed by atoms with E-state index in [9.17, 15) is 0 Å². The lowest BCUT2D eigenvalue weighted by atomic mass is 9.92. The van der Waals surface area contributed by atoms with Crippen LogP contribution in [0.2, 0.25) is 0 Å². The first kappa shape index (κ1) is 33.5. The van der Waals surface area contributed by atoms with Crippen LogP contribution in [0.5, 0.6) is 0 Å². The molecule has 0 fully saturated rings. The average molecular weight is 762 g/mol. The number of fused-ring (bicyclic) bond motifs is 6. The molecule has 0 aliphatic heterocycles.